The highest BCUT2D eigenvalue weighted by Crippen LogP contribution is 2.40. The number of nitrogens with two attached hydrogens (primary N) is 1. The van der Waals surface area contributed by atoms with E-state index in [-0.39, 0.29) is 46.2 Å². The van der Waals surface area contributed by atoms with E-state index in [1.165, 1.54) is 12.1 Å². The van der Waals surface area contributed by atoms with Crippen molar-refractivity contribution >= 4 is 44.8 Å². The highest BCUT2D eigenvalue weighted by Gasteiger charge is 2.15. The van der Waals surface area contributed by atoms with Gasteiger partial charge in [-0.3, -0.25) is 4.79 Å². The van der Waals surface area contributed by atoms with Gasteiger partial charge in [-0.1, -0.05) is 37.0 Å². The molecule has 2 rings (SSSR count). The molecule has 30 heavy (non-hydrogen) atoms. The molecule has 0 aromatic heterocycles. The van der Waals surface area contributed by atoms with Crippen LogP contribution in [0.2, 0.25) is 10.0 Å². The van der Waals surface area contributed by atoms with Crippen LogP contribution >= 0.6 is 23.2 Å². The van der Waals surface area contributed by atoms with Gasteiger partial charge < -0.3 is 14.8 Å². The lowest BCUT2D eigenvalue weighted by Crippen LogP contribution is -2.19. The average Bonchev–Trinajstić information content (AvgIpc) is 2.63. The van der Waals surface area contributed by atoms with Crippen LogP contribution in [-0.2, 0) is 14.8 Å². The Morgan fingerprint density at radius 2 is 1.80 bits per heavy atom. The molecule has 0 spiro atoms. The van der Waals surface area contributed by atoms with Crippen molar-refractivity contribution in [2.24, 2.45) is 5.14 Å². The molecule has 0 fully saturated rings. The van der Waals surface area contributed by atoms with Crippen molar-refractivity contribution in [2.45, 2.75) is 32.6 Å². The van der Waals surface area contributed by atoms with E-state index >= 15 is 0 Å². The summed E-state index contributed by atoms with van der Waals surface area (Å²) in [4.78, 5) is 12.0. The molecule has 0 aliphatic rings. The van der Waals surface area contributed by atoms with Crippen molar-refractivity contribution < 1.29 is 22.7 Å². The first-order chi connectivity index (χ1) is 14.0. The molecule has 164 valence electrons. The Labute approximate surface area is 186 Å². The molecule has 1 amide bonds. The molecular formula is C20H24Cl2N2O5S. The highest BCUT2D eigenvalue weighted by molar-refractivity contribution is 7.89. The number of primary sulfonamides is 1. The Hall–Kier alpha value is -2.00. The zero-order chi connectivity index (χ0) is 22.5. The number of rotatable bonds is 9. The molecular weight excluding hydrogens is 451 g/mol. The molecule has 0 aliphatic carbocycles. The van der Waals surface area contributed by atoms with Crippen LogP contribution in [0, 0.1) is 0 Å². The second-order valence-corrected chi connectivity index (χ2v) is 9.50. The van der Waals surface area contributed by atoms with Crippen LogP contribution in [0.4, 0.5) is 5.69 Å². The molecule has 0 bridgehead atoms. The number of methoxy groups -OCH3 is 1. The molecule has 0 aliphatic heterocycles. The normalized spacial score (nSPS) is 11.4. The van der Waals surface area contributed by atoms with Gasteiger partial charge >= 0.3 is 0 Å². The van der Waals surface area contributed by atoms with Crippen LogP contribution in [0.3, 0.4) is 0 Å². The Balaban J connectivity index is 2.13. The third kappa shape index (κ3) is 7.05. The van der Waals surface area contributed by atoms with Crippen LogP contribution in [0.25, 0.3) is 0 Å². The predicted octanol–water partition coefficient (Wildman–Crippen LogP) is 4.92. The summed E-state index contributed by atoms with van der Waals surface area (Å²) in [6.07, 6.45) is 0.108. The van der Waals surface area contributed by atoms with E-state index in [0.29, 0.717) is 11.4 Å². The second kappa shape index (κ2) is 10.3. The van der Waals surface area contributed by atoms with Gasteiger partial charge in [0, 0.05) is 17.7 Å². The molecule has 2 aromatic rings. The molecule has 0 atom stereocenters. The number of sulfonamides is 1. The third-order valence-electron chi connectivity index (χ3n) is 4.16. The van der Waals surface area contributed by atoms with Gasteiger partial charge in [0.2, 0.25) is 15.9 Å². The number of anilines is 1. The quantitative estimate of drug-likeness (QED) is 0.535. The molecule has 2 aromatic carbocycles. The number of halogens is 2. The monoisotopic (exact) mass is 474 g/mol. The molecule has 7 nitrogen and oxygen atoms in total. The molecule has 10 heteroatoms. The number of nitrogens with one attached hydrogen (secondary N) is 1. The van der Waals surface area contributed by atoms with Crippen molar-refractivity contribution in [3.8, 4) is 17.2 Å². The van der Waals surface area contributed by atoms with E-state index in [4.69, 9.17) is 37.8 Å². The minimum Gasteiger partial charge on any atom is -0.496 e. The summed E-state index contributed by atoms with van der Waals surface area (Å²) in [6.45, 7) is 4.09. The number of carbonyl (C=O) groups excluding carboxylic acids is 1. The Morgan fingerprint density at radius 3 is 2.33 bits per heavy atom. The summed E-state index contributed by atoms with van der Waals surface area (Å²) >= 11 is 12.6. The van der Waals surface area contributed by atoms with Crippen molar-refractivity contribution in [1.82, 2.24) is 0 Å². The fraction of sp³-hybridized carbons (Fsp3) is 0.350. The topological polar surface area (TPSA) is 108 Å². The first-order valence-corrected chi connectivity index (χ1v) is 11.6. The zero-order valence-corrected chi connectivity index (χ0v) is 19.2. The van der Waals surface area contributed by atoms with Crippen molar-refractivity contribution in [3.05, 3.63) is 45.9 Å². The lowest BCUT2D eigenvalue weighted by Gasteiger charge is -2.16. The first-order valence-electron chi connectivity index (χ1n) is 9.15. The van der Waals surface area contributed by atoms with E-state index in [1.807, 2.05) is 26.0 Å². The molecule has 0 unspecified atom stereocenters. The van der Waals surface area contributed by atoms with Gasteiger partial charge in [-0.25, -0.2) is 13.6 Å². The number of amides is 1. The van der Waals surface area contributed by atoms with Gasteiger partial charge in [0.05, 0.1) is 22.9 Å². The summed E-state index contributed by atoms with van der Waals surface area (Å²) < 4.78 is 33.1. The predicted molar refractivity (Wildman–Crippen MR) is 119 cm³/mol. The minimum absolute atomic E-state index is 0.00620. The van der Waals surface area contributed by atoms with Gasteiger partial charge in [0.15, 0.2) is 5.75 Å². The number of hydrogen-bond acceptors (Lipinski definition) is 5. The maximum atomic E-state index is 12.0. The minimum atomic E-state index is -3.60. The smallest absolute Gasteiger partial charge is 0.224 e. The summed E-state index contributed by atoms with van der Waals surface area (Å²) in [6, 6.07) is 8.43. The summed E-state index contributed by atoms with van der Waals surface area (Å²) in [5.41, 5.74) is 1.35. The van der Waals surface area contributed by atoms with Gasteiger partial charge in [0.25, 0.3) is 0 Å². The highest BCUT2D eigenvalue weighted by atomic mass is 35.5. The largest absolute Gasteiger partial charge is 0.496 e. The van der Waals surface area contributed by atoms with E-state index in [0.717, 1.165) is 11.3 Å². The number of carbonyl (C=O) groups is 1. The number of hydrogen-bond donors (Lipinski definition) is 2. The lowest BCUT2D eigenvalue weighted by molar-refractivity contribution is -0.116. The summed E-state index contributed by atoms with van der Waals surface area (Å²) in [5, 5.41) is 7.97. The SMILES string of the molecule is COc1ccc(Oc2c(Cl)cc(NC(=O)CCCS(N)(=O)=O)cc2Cl)cc1C(C)C. The van der Waals surface area contributed by atoms with Crippen LogP contribution in [0.15, 0.2) is 30.3 Å². The maximum Gasteiger partial charge on any atom is 0.224 e. The fourth-order valence-electron chi connectivity index (χ4n) is 2.73. The van der Waals surface area contributed by atoms with Crippen LogP contribution < -0.4 is 19.9 Å². The molecule has 3 N–H and O–H groups in total. The van der Waals surface area contributed by atoms with Gasteiger partial charge in [-0.15, -0.1) is 0 Å². The maximum absolute atomic E-state index is 12.0. The standard InChI is InChI=1S/C20H24Cl2N2O5S/c1-12(2)15-11-14(6-7-18(15)28-3)29-20-16(21)9-13(10-17(20)22)24-19(25)5-4-8-30(23,26)27/h6-7,9-12H,4-5,8H2,1-3H3,(H,24,25)(H2,23,26,27). The number of benzene rings is 2. The van der Waals surface area contributed by atoms with Crippen LogP contribution in [-0.4, -0.2) is 27.2 Å². The van der Waals surface area contributed by atoms with Crippen molar-refractivity contribution in [1.29, 1.82) is 0 Å². The van der Waals surface area contributed by atoms with E-state index in [2.05, 4.69) is 5.32 Å². The second-order valence-electron chi connectivity index (χ2n) is 6.95. The molecule has 0 saturated carbocycles. The molecule has 0 saturated heterocycles. The van der Waals surface area contributed by atoms with E-state index in [9.17, 15) is 13.2 Å². The number of ether oxygens (including phenoxy) is 2. The third-order valence-corrected chi connectivity index (χ3v) is 5.58. The van der Waals surface area contributed by atoms with E-state index < -0.39 is 10.0 Å². The van der Waals surface area contributed by atoms with Gasteiger partial charge in [0.1, 0.15) is 11.5 Å². The van der Waals surface area contributed by atoms with Crippen molar-refractivity contribution in [3.63, 3.8) is 0 Å². The first kappa shape index (κ1) is 24.3. The van der Waals surface area contributed by atoms with Gasteiger partial charge in [-0.2, -0.15) is 0 Å². The van der Waals surface area contributed by atoms with E-state index in [1.54, 1.807) is 13.2 Å². The lowest BCUT2D eigenvalue weighted by atomic mass is 10.0. The summed E-state index contributed by atoms with van der Waals surface area (Å²) in [7, 11) is -1.99. The average molecular weight is 475 g/mol. The van der Waals surface area contributed by atoms with Crippen LogP contribution in [0.1, 0.15) is 38.2 Å². The molecule has 0 radical (unpaired) electrons. The van der Waals surface area contributed by atoms with Crippen LogP contribution in [0.5, 0.6) is 17.2 Å². The van der Waals surface area contributed by atoms with Crippen molar-refractivity contribution in [2.75, 3.05) is 18.2 Å². The Kier molecular flexibility index (Phi) is 8.37. The summed E-state index contributed by atoms with van der Waals surface area (Å²) in [5.74, 6) is 1.13. The van der Waals surface area contributed by atoms with Gasteiger partial charge in [-0.05, 0) is 42.7 Å². The Bertz CT molecular complexity index is 1000. The zero-order valence-electron chi connectivity index (χ0n) is 16.9. The fourth-order valence-corrected chi connectivity index (χ4v) is 3.84. The molecule has 0 heterocycles. The Morgan fingerprint density at radius 1 is 1.17 bits per heavy atom.